The fourth-order valence-corrected chi connectivity index (χ4v) is 3.04. The van der Waals surface area contributed by atoms with Gasteiger partial charge in [0.25, 0.3) is 0 Å². The zero-order valence-electron chi connectivity index (χ0n) is 11.3. The Hall–Kier alpha value is -0.650. The number of nitrogens with zero attached hydrogens (tertiary/aromatic N) is 1. The average Bonchev–Trinajstić information content (AvgIpc) is 2.76. The summed E-state index contributed by atoms with van der Waals surface area (Å²) in [6, 6.07) is 0. The Morgan fingerprint density at radius 3 is 2.79 bits per heavy atom. The molecule has 1 amide bonds. The molecule has 1 aromatic rings. The van der Waals surface area contributed by atoms with E-state index in [2.05, 4.69) is 15.8 Å². The number of hydrogen-bond donors (Lipinski definition) is 2. The maximum absolute atomic E-state index is 11.7. The van der Waals surface area contributed by atoms with Crippen molar-refractivity contribution >= 4 is 29.7 Å². The van der Waals surface area contributed by atoms with Crippen LogP contribution < -0.4 is 10.9 Å². The molecule has 19 heavy (non-hydrogen) atoms. The average molecular weight is 304 g/mol. The monoisotopic (exact) mass is 303 g/mol. The van der Waals surface area contributed by atoms with Crippen LogP contribution in [-0.2, 0) is 11.3 Å². The number of thiazole rings is 1. The highest BCUT2D eigenvalue weighted by Gasteiger charge is 2.16. The molecule has 0 bridgehead atoms. The third-order valence-corrected chi connectivity index (χ3v) is 4.19. The van der Waals surface area contributed by atoms with E-state index in [0.717, 1.165) is 10.7 Å². The first-order chi connectivity index (χ1) is 8.74. The molecule has 6 heteroatoms. The van der Waals surface area contributed by atoms with Crippen molar-refractivity contribution in [3.05, 3.63) is 16.1 Å². The SMILES string of the molecule is Cc1nc(CNNC(=O)CC2CCCCC2)cs1.Cl. The van der Waals surface area contributed by atoms with Gasteiger partial charge in [-0.3, -0.25) is 10.2 Å². The number of carbonyl (C=O) groups excluding carboxylic acids is 1. The predicted molar refractivity (Wildman–Crippen MR) is 80.3 cm³/mol. The van der Waals surface area contributed by atoms with E-state index in [0.29, 0.717) is 18.9 Å². The lowest BCUT2D eigenvalue weighted by atomic mass is 9.87. The van der Waals surface area contributed by atoms with E-state index in [9.17, 15) is 4.79 Å². The van der Waals surface area contributed by atoms with Crippen molar-refractivity contribution in [3.8, 4) is 0 Å². The van der Waals surface area contributed by atoms with Crippen LogP contribution in [0.4, 0.5) is 0 Å². The van der Waals surface area contributed by atoms with Crippen LogP contribution in [0.5, 0.6) is 0 Å². The Kier molecular flexibility index (Phi) is 7.34. The summed E-state index contributed by atoms with van der Waals surface area (Å²) >= 11 is 1.63. The van der Waals surface area contributed by atoms with Gasteiger partial charge in [-0.1, -0.05) is 19.3 Å². The van der Waals surface area contributed by atoms with Crippen molar-refractivity contribution in [2.24, 2.45) is 5.92 Å². The second-order valence-corrected chi connectivity index (χ2v) is 6.03. The smallest absolute Gasteiger partial charge is 0.234 e. The molecule has 1 aromatic heterocycles. The number of nitrogens with one attached hydrogen (secondary N) is 2. The number of amides is 1. The molecular weight excluding hydrogens is 282 g/mol. The summed E-state index contributed by atoms with van der Waals surface area (Å²) in [5.41, 5.74) is 6.69. The number of hydrogen-bond acceptors (Lipinski definition) is 4. The number of carbonyl (C=O) groups is 1. The maximum atomic E-state index is 11.7. The highest BCUT2D eigenvalue weighted by atomic mass is 35.5. The molecule has 2 rings (SSSR count). The zero-order chi connectivity index (χ0) is 12.8. The molecule has 1 aliphatic carbocycles. The summed E-state index contributed by atoms with van der Waals surface area (Å²) in [6.07, 6.45) is 6.97. The van der Waals surface area contributed by atoms with Gasteiger partial charge in [0.2, 0.25) is 5.91 Å². The van der Waals surface area contributed by atoms with E-state index in [1.807, 2.05) is 12.3 Å². The van der Waals surface area contributed by atoms with Crippen molar-refractivity contribution in [2.75, 3.05) is 0 Å². The minimum Gasteiger partial charge on any atom is -0.291 e. The number of aryl methyl sites for hydroxylation is 1. The first kappa shape index (κ1) is 16.4. The quantitative estimate of drug-likeness (QED) is 0.822. The molecular formula is C13H22ClN3OS. The van der Waals surface area contributed by atoms with E-state index < -0.39 is 0 Å². The Morgan fingerprint density at radius 2 is 2.16 bits per heavy atom. The zero-order valence-corrected chi connectivity index (χ0v) is 12.9. The van der Waals surface area contributed by atoms with E-state index in [1.165, 1.54) is 32.1 Å². The minimum atomic E-state index is 0. The Balaban J connectivity index is 0.00000180. The van der Waals surface area contributed by atoms with Crippen molar-refractivity contribution in [2.45, 2.75) is 52.0 Å². The summed E-state index contributed by atoms with van der Waals surface area (Å²) < 4.78 is 0. The summed E-state index contributed by atoms with van der Waals surface area (Å²) in [7, 11) is 0. The van der Waals surface area contributed by atoms with Crippen molar-refractivity contribution in [1.29, 1.82) is 0 Å². The van der Waals surface area contributed by atoms with Crippen LogP contribution >= 0.6 is 23.7 Å². The predicted octanol–water partition coefficient (Wildman–Crippen LogP) is 2.96. The molecule has 0 saturated heterocycles. The summed E-state index contributed by atoms with van der Waals surface area (Å²) in [6.45, 7) is 2.58. The van der Waals surface area contributed by atoms with E-state index >= 15 is 0 Å². The van der Waals surface area contributed by atoms with E-state index in [4.69, 9.17) is 0 Å². The first-order valence-corrected chi connectivity index (χ1v) is 7.54. The molecule has 1 aliphatic rings. The third kappa shape index (κ3) is 5.89. The lowest BCUT2D eigenvalue weighted by Gasteiger charge is -2.20. The standard InChI is InChI=1S/C13H21N3OS.ClH/c1-10-15-12(9-18-10)8-14-16-13(17)7-11-5-3-2-4-6-11;/h9,11,14H,2-8H2,1H3,(H,16,17);1H. The number of aromatic nitrogens is 1. The van der Waals surface area contributed by atoms with Gasteiger partial charge in [-0.05, 0) is 25.7 Å². The molecule has 0 atom stereocenters. The van der Waals surface area contributed by atoms with Gasteiger partial charge in [-0.25, -0.2) is 10.4 Å². The lowest BCUT2D eigenvalue weighted by molar-refractivity contribution is -0.123. The molecule has 0 radical (unpaired) electrons. The minimum absolute atomic E-state index is 0. The van der Waals surface area contributed by atoms with E-state index in [-0.39, 0.29) is 18.3 Å². The van der Waals surface area contributed by atoms with E-state index in [1.54, 1.807) is 11.3 Å². The number of hydrazine groups is 1. The van der Waals surface area contributed by atoms with Crippen LogP contribution in [-0.4, -0.2) is 10.9 Å². The Morgan fingerprint density at radius 1 is 1.42 bits per heavy atom. The van der Waals surface area contributed by atoms with Gasteiger partial charge in [0.15, 0.2) is 0 Å². The molecule has 1 heterocycles. The molecule has 0 aromatic carbocycles. The Labute approximate surface area is 124 Å². The van der Waals surface area contributed by atoms with Crippen molar-refractivity contribution in [3.63, 3.8) is 0 Å². The second-order valence-electron chi connectivity index (χ2n) is 4.97. The van der Waals surface area contributed by atoms with Crippen molar-refractivity contribution in [1.82, 2.24) is 15.8 Å². The van der Waals surface area contributed by atoms with Gasteiger partial charge in [0.05, 0.1) is 17.2 Å². The molecule has 2 N–H and O–H groups in total. The van der Waals surface area contributed by atoms with Crippen molar-refractivity contribution < 1.29 is 4.79 Å². The summed E-state index contributed by atoms with van der Waals surface area (Å²) in [4.78, 5) is 16.0. The molecule has 0 aliphatic heterocycles. The van der Waals surface area contributed by atoms with Gasteiger partial charge < -0.3 is 0 Å². The Bertz CT molecular complexity index is 391. The number of rotatable bonds is 5. The highest BCUT2D eigenvalue weighted by Crippen LogP contribution is 2.25. The van der Waals surface area contributed by atoms with Crippen LogP contribution in [0, 0.1) is 12.8 Å². The lowest BCUT2D eigenvalue weighted by Crippen LogP contribution is -2.38. The second kappa shape index (κ2) is 8.51. The molecule has 0 unspecified atom stereocenters. The van der Waals surface area contributed by atoms with Crippen LogP contribution in [0.3, 0.4) is 0 Å². The fourth-order valence-electron chi connectivity index (χ4n) is 2.43. The largest absolute Gasteiger partial charge is 0.291 e. The highest BCUT2D eigenvalue weighted by molar-refractivity contribution is 7.09. The van der Waals surface area contributed by atoms with Gasteiger partial charge in [-0.15, -0.1) is 23.7 Å². The normalized spacial score (nSPS) is 15.8. The molecule has 0 spiro atoms. The van der Waals surface area contributed by atoms with Crippen LogP contribution in [0.1, 0.15) is 49.2 Å². The first-order valence-electron chi connectivity index (χ1n) is 6.67. The summed E-state index contributed by atoms with van der Waals surface area (Å²) in [5, 5.41) is 3.07. The summed E-state index contributed by atoms with van der Waals surface area (Å²) in [5.74, 6) is 0.691. The van der Waals surface area contributed by atoms with Crippen LogP contribution in [0.2, 0.25) is 0 Å². The molecule has 108 valence electrons. The number of halogens is 1. The molecule has 1 fully saturated rings. The van der Waals surface area contributed by atoms with Crippen LogP contribution in [0.25, 0.3) is 0 Å². The van der Waals surface area contributed by atoms with Gasteiger partial charge in [0.1, 0.15) is 0 Å². The maximum Gasteiger partial charge on any atom is 0.234 e. The molecule has 4 nitrogen and oxygen atoms in total. The van der Waals surface area contributed by atoms with Crippen LogP contribution in [0.15, 0.2) is 5.38 Å². The van der Waals surface area contributed by atoms with Gasteiger partial charge in [-0.2, -0.15) is 0 Å². The van der Waals surface area contributed by atoms with Gasteiger partial charge in [0, 0.05) is 11.8 Å². The fraction of sp³-hybridized carbons (Fsp3) is 0.692. The third-order valence-electron chi connectivity index (χ3n) is 3.36. The van der Waals surface area contributed by atoms with Gasteiger partial charge >= 0.3 is 0 Å². The topological polar surface area (TPSA) is 54.0 Å². The molecule has 1 saturated carbocycles.